The summed E-state index contributed by atoms with van der Waals surface area (Å²) < 4.78 is 0. The first-order valence-electron chi connectivity index (χ1n) is 8.76. The first-order valence-corrected chi connectivity index (χ1v) is 8.76. The lowest BCUT2D eigenvalue weighted by molar-refractivity contribution is -0.119. The van der Waals surface area contributed by atoms with Gasteiger partial charge in [-0.15, -0.1) is 0 Å². The molecule has 4 N–H and O–H groups in total. The maximum absolute atomic E-state index is 11.4. The van der Waals surface area contributed by atoms with Crippen molar-refractivity contribution in [2.75, 3.05) is 24.2 Å². The first kappa shape index (κ1) is 18.4. The van der Waals surface area contributed by atoms with E-state index in [2.05, 4.69) is 35.9 Å². The molecule has 0 aliphatic carbocycles. The Morgan fingerprint density at radius 3 is 2.74 bits per heavy atom. The van der Waals surface area contributed by atoms with Crippen LogP contribution in [-0.4, -0.2) is 47.3 Å². The van der Waals surface area contributed by atoms with Gasteiger partial charge in [0, 0.05) is 38.1 Å². The highest BCUT2D eigenvalue weighted by atomic mass is 16.1. The third kappa shape index (κ3) is 5.31. The molecule has 0 saturated heterocycles. The summed E-state index contributed by atoms with van der Waals surface area (Å²) in [5.74, 6) is 1.30. The highest BCUT2D eigenvalue weighted by molar-refractivity contribution is 6.35. The van der Waals surface area contributed by atoms with Crippen LogP contribution in [0.5, 0.6) is 0 Å². The smallest absolute Gasteiger partial charge is 0.229 e. The number of nitrogens with zero attached hydrogens (tertiary/aromatic N) is 3. The van der Waals surface area contributed by atoms with Gasteiger partial charge in [0.2, 0.25) is 11.9 Å². The van der Waals surface area contributed by atoms with Crippen molar-refractivity contribution in [1.82, 2.24) is 25.3 Å². The molecule has 0 radical (unpaired) electrons. The Kier molecular flexibility index (Phi) is 6.04. The Morgan fingerprint density at radius 1 is 1.22 bits per heavy atom. The van der Waals surface area contributed by atoms with E-state index < -0.39 is 0 Å². The zero-order valence-electron chi connectivity index (χ0n) is 15.4. The van der Waals surface area contributed by atoms with Crippen molar-refractivity contribution in [3.8, 4) is 0 Å². The predicted molar refractivity (Wildman–Crippen MR) is 108 cm³/mol. The normalized spacial score (nSPS) is 10.4. The quantitative estimate of drug-likeness (QED) is 0.424. The number of hydrogen-bond donors (Lipinski definition) is 4. The summed E-state index contributed by atoms with van der Waals surface area (Å²) in [6.07, 6.45) is 6.51. The summed E-state index contributed by atoms with van der Waals surface area (Å²) in [6.45, 7) is 0.732. The largest absolute Gasteiger partial charge is 0.370 e. The zero-order chi connectivity index (χ0) is 19.1. The maximum Gasteiger partial charge on any atom is 0.229 e. The van der Waals surface area contributed by atoms with Crippen molar-refractivity contribution < 1.29 is 4.79 Å². The number of likely N-dealkylation sites (N-methyl/N-ethyl adjacent to an activating group) is 1. The van der Waals surface area contributed by atoms with Crippen LogP contribution in [0.3, 0.4) is 0 Å². The molecule has 0 unspecified atom stereocenters. The van der Waals surface area contributed by atoms with Crippen molar-refractivity contribution in [2.45, 2.75) is 12.8 Å². The minimum Gasteiger partial charge on any atom is -0.370 e. The summed E-state index contributed by atoms with van der Waals surface area (Å²) >= 11 is 0. The Bertz CT molecular complexity index is 881. The molecule has 0 saturated carbocycles. The van der Waals surface area contributed by atoms with Gasteiger partial charge in [-0.1, -0.05) is 12.1 Å². The molecule has 0 aliphatic rings. The van der Waals surface area contributed by atoms with Crippen LogP contribution in [0.4, 0.5) is 17.5 Å². The molecule has 0 bridgehead atoms. The monoisotopic (exact) mass is 363 g/mol. The zero-order valence-corrected chi connectivity index (χ0v) is 15.4. The molecule has 2 aromatic heterocycles. The Labute approximate surface area is 158 Å². The van der Waals surface area contributed by atoms with Gasteiger partial charge in [-0.05, 0) is 23.2 Å². The number of nitrogens with one attached hydrogen (secondary N) is 4. The van der Waals surface area contributed by atoms with E-state index in [-0.39, 0.29) is 5.91 Å². The topological polar surface area (TPSA) is 108 Å². The van der Waals surface area contributed by atoms with Crippen LogP contribution < -0.4 is 21.4 Å². The Hall–Kier alpha value is -3.36. The molecule has 27 heavy (non-hydrogen) atoms. The minimum absolute atomic E-state index is 0.0110. The molecular weight excluding hydrogens is 341 g/mol. The summed E-state index contributed by atoms with van der Waals surface area (Å²) in [5.41, 5.74) is 3.79. The molecule has 2 heterocycles. The molecule has 0 atom stereocenters. The minimum atomic E-state index is -0.0110. The van der Waals surface area contributed by atoms with Crippen LogP contribution in [0.25, 0.3) is 0 Å². The van der Waals surface area contributed by atoms with E-state index in [0.717, 1.165) is 41.2 Å². The lowest BCUT2D eigenvalue weighted by atomic mass is 9.99. The van der Waals surface area contributed by atoms with Crippen LogP contribution in [-0.2, 0) is 17.6 Å². The van der Waals surface area contributed by atoms with E-state index in [0.29, 0.717) is 12.4 Å². The van der Waals surface area contributed by atoms with Crippen molar-refractivity contribution >= 4 is 36.7 Å². The number of aromatic nitrogens is 4. The van der Waals surface area contributed by atoms with Crippen molar-refractivity contribution in [1.29, 1.82) is 0 Å². The highest BCUT2D eigenvalue weighted by Gasteiger charge is 2.06. The van der Waals surface area contributed by atoms with Gasteiger partial charge in [0.25, 0.3) is 0 Å². The fraction of sp³-hybridized carbons (Fsp3) is 0.222. The summed E-state index contributed by atoms with van der Waals surface area (Å²) in [4.78, 5) is 27.5. The van der Waals surface area contributed by atoms with Crippen LogP contribution in [0.2, 0.25) is 0 Å². The molecule has 1 amide bonds. The molecule has 0 spiro atoms. The Balaban J connectivity index is 1.60. The molecule has 138 valence electrons. The standard InChI is InChI=1S/C18H22BN7O/c1-20-16(27)8-12-2-4-13(5-3-12)25-18-23-10-15(19)17(26-18)22-7-6-14-9-21-11-24-14/h2-5,9-11H,6-8,19H2,1H3,(H,20,27)(H,21,24)(H2,22,23,25,26). The first-order chi connectivity index (χ1) is 13.1. The van der Waals surface area contributed by atoms with E-state index >= 15 is 0 Å². The van der Waals surface area contributed by atoms with Crippen molar-refractivity contribution in [2.24, 2.45) is 0 Å². The predicted octanol–water partition coefficient (Wildman–Crippen LogP) is 0.145. The molecule has 1 aromatic carbocycles. The molecule has 0 aliphatic heterocycles. The number of rotatable bonds is 8. The number of benzene rings is 1. The molecule has 3 rings (SSSR count). The Morgan fingerprint density at radius 2 is 2.04 bits per heavy atom. The number of carbonyl (C=O) groups is 1. The van der Waals surface area contributed by atoms with Gasteiger partial charge in [0.05, 0.1) is 18.4 Å². The number of carbonyl (C=O) groups excluding carboxylic acids is 1. The van der Waals surface area contributed by atoms with E-state index in [1.54, 1.807) is 19.6 Å². The van der Waals surface area contributed by atoms with Gasteiger partial charge < -0.3 is 20.9 Å². The van der Waals surface area contributed by atoms with Gasteiger partial charge in [-0.2, -0.15) is 4.98 Å². The highest BCUT2D eigenvalue weighted by Crippen LogP contribution is 2.15. The lowest BCUT2D eigenvalue weighted by Crippen LogP contribution is -2.19. The number of H-pyrrole nitrogens is 1. The van der Waals surface area contributed by atoms with Gasteiger partial charge in [-0.25, -0.2) is 9.97 Å². The van der Waals surface area contributed by atoms with Gasteiger partial charge in [0.1, 0.15) is 13.7 Å². The molecule has 9 heteroatoms. The summed E-state index contributed by atoms with van der Waals surface area (Å²) in [7, 11) is 3.60. The second-order valence-corrected chi connectivity index (χ2v) is 6.13. The summed E-state index contributed by atoms with van der Waals surface area (Å²) in [5, 5.41) is 9.13. The third-order valence-electron chi connectivity index (χ3n) is 4.05. The molecule has 0 fully saturated rings. The van der Waals surface area contributed by atoms with Crippen LogP contribution in [0.1, 0.15) is 11.3 Å². The fourth-order valence-electron chi connectivity index (χ4n) is 2.53. The number of imidazole rings is 1. The fourth-order valence-corrected chi connectivity index (χ4v) is 2.53. The van der Waals surface area contributed by atoms with Crippen molar-refractivity contribution in [3.05, 3.63) is 54.2 Å². The van der Waals surface area contributed by atoms with Crippen LogP contribution in [0, 0.1) is 0 Å². The van der Waals surface area contributed by atoms with E-state index in [1.807, 2.05) is 38.3 Å². The molecule has 3 aromatic rings. The van der Waals surface area contributed by atoms with E-state index in [1.165, 1.54) is 0 Å². The molecular formula is C18H22BN7O. The number of amides is 1. The average Bonchev–Trinajstić information content (AvgIpc) is 3.19. The number of hydrogen-bond acceptors (Lipinski definition) is 6. The van der Waals surface area contributed by atoms with Gasteiger partial charge >= 0.3 is 0 Å². The second kappa shape index (κ2) is 8.84. The average molecular weight is 363 g/mol. The SMILES string of the molecule is Bc1cnc(Nc2ccc(CC(=O)NC)cc2)nc1NCCc1c[nH]cn1. The van der Waals surface area contributed by atoms with Gasteiger partial charge in [0.15, 0.2) is 0 Å². The number of aromatic amines is 1. The molecule has 8 nitrogen and oxygen atoms in total. The van der Waals surface area contributed by atoms with Gasteiger partial charge in [-0.3, -0.25) is 4.79 Å². The van der Waals surface area contributed by atoms with E-state index in [4.69, 9.17) is 0 Å². The van der Waals surface area contributed by atoms with Crippen LogP contribution in [0.15, 0.2) is 43.0 Å². The number of anilines is 3. The van der Waals surface area contributed by atoms with Crippen molar-refractivity contribution in [3.63, 3.8) is 0 Å². The lowest BCUT2D eigenvalue weighted by Gasteiger charge is -2.11. The third-order valence-corrected chi connectivity index (χ3v) is 4.05. The van der Waals surface area contributed by atoms with E-state index in [9.17, 15) is 4.79 Å². The second-order valence-electron chi connectivity index (χ2n) is 6.13. The summed E-state index contributed by atoms with van der Waals surface area (Å²) in [6, 6.07) is 7.64. The van der Waals surface area contributed by atoms with Crippen LogP contribution >= 0.6 is 0 Å². The maximum atomic E-state index is 11.4.